The fourth-order valence-corrected chi connectivity index (χ4v) is 3.31. The summed E-state index contributed by atoms with van der Waals surface area (Å²) in [5.74, 6) is -1.12. The average Bonchev–Trinajstić information content (AvgIpc) is 2.60. The van der Waals surface area contributed by atoms with Gasteiger partial charge in [0.1, 0.15) is 0 Å². The Morgan fingerprint density at radius 2 is 1.80 bits per heavy atom. The lowest BCUT2D eigenvalue weighted by Crippen LogP contribution is -2.19. The van der Waals surface area contributed by atoms with Crippen LogP contribution < -0.4 is 4.90 Å². The number of anilines is 1. The van der Waals surface area contributed by atoms with Gasteiger partial charge in [-0.15, -0.1) is 0 Å². The van der Waals surface area contributed by atoms with E-state index in [0.717, 1.165) is 11.1 Å². The van der Waals surface area contributed by atoms with Crippen molar-refractivity contribution in [1.29, 1.82) is 0 Å². The van der Waals surface area contributed by atoms with Crippen LogP contribution in [0.4, 0.5) is 5.69 Å². The van der Waals surface area contributed by atoms with Gasteiger partial charge in [-0.3, -0.25) is 0 Å². The van der Waals surface area contributed by atoms with Gasteiger partial charge in [0.05, 0.1) is 16.2 Å². The molecule has 6 heteroatoms. The number of carboxylic acid groups (broad SMARTS) is 1. The molecule has 0 aliphatic carbocycles. The smallest absolute Gasteiger partial charge is 0.355 e. The molecule has 128 valence electrons. The SMILES string of the molecule is CCN(C)c1c(-c2ccccc2Cl)c(C(=O)O)nc2c(Cl)cccc12. The van der Waals surface area contributed by atoms with E-state index in [4.69, 9.17) is 23.2 Å². The molecule has 0 aliphatic heterocycles. The second kappa shape index (κ2) is 6.90. The molecular weight excluding hydrogens is 359 g/mol. The first-order valence-corrected chi connectivity index (χ1v) is 8.52. The van der Waals surface area contributed by atoms with E-state index >= 15 is 0 Å². The molecular formula is C19H16Cl2N2O2. The third-order valence-electron chi connectivity index (χ3n) is 4.14. The Bertz CT molecular complexity index is 973. The Hall–Kier alpha value is -2.30. The summed E-state index contributed by atoms with van der Waals surface area (Å²) in [6.07, 6.45) is 0. The van der Waals surface area contributed by atoms with E-state index in [9.17, 15) is 9.90 Å². The number of nitrogens with zero attached hydrogens (tertiary/aromatic N) is 2. The lowest BCUT2D eigenvalue weighted by Gasteiger charge is -2.25. The van der Waals surface area contributed by atoms with Crippen LogP contribution in [0.3, 0.4) is 0 Å². The van der Waals surface area contributed by atoms with Crippen LogP contribution in [0.2, 0.25) is 10.0 Å². The molecule has 0 saturated heterocycles. The molecule has 25 heavy (non-hydrogen) atoms. The summed E-state index contributed by atoms with van der Waals surface area (Å²) in [7, 11) is 1.90. The van der Waals surface area contributed by atoms with Crippen molar-refractivity contribution in [3.05, 3.63) is 58.2 Å². The first kappa shape index (κ1) is 17.5. The van der Waals surface area contributed by atoms with Crippen molar-refractivity contribution in [1.82, 2.24) is 4.98 Å². The summed E-state index contributed by atoms with van der Waals surface area (Å²) in [6.45, 7) is 2.68. The normalized spacial score (nSPS) is 10.9. The first-order valence-electron chi connectivity index (χ1n) is 7.77. The molecule has 0 aliphatic rings. The number of rotatable bonds is 4. The molecule has 4 nitrogen and oxygen atoms in total. The number of para-hydroxylation sites is 1. The van der Waals surface area contributed by atoms with Gasteiger partial charge in [0.2, 0.25) is 0 Å². The van der Waals surface area contributed by atoms with Crippen LogP contribution in [0.5, 0.6) is 0 Å². The van der Waals surface area contributed by atoms with Crippen molar-refractivity contribution in [2.24, 2.45) is 0 Å². The fourth-order valence-electron chi connectivity index (χ4n) is 2.86. The van der Waals surface area contributed by atoms with E-state index in [-0.39, 0.29) is 5.69 Å². The molecule has 0 fully saturated rings. The predicted molar refractivity (Wildman–Crippen MR) is 103 cm³/mol. The molecule has 2 aromatic carbocycles. The van der Waals surface area contributed by atoms with Gasteiger partial charge in [-0.1, -0.05) is 53.5 Å². The summed E-state index contributed by atoms with van der Waals surface area (Å²) < 4.78 is 0. The van der Waals surface area contributed by atoms with E-state index < -0.39 is 5.97 Å². The molecule has 3 rings (SSSR count). The van der Waals surface area contributed by atoms with Crippen LogP contribution in [0.25, 0.3) is 22.0 Å². The Morgan fingerprint density at radius 1 is 1.12 bits per heavy atom. The third kappa shape index (κ3) is 3.03. The molecule has 0 unspecified atom stereocenters. The van der Waals surface area contributed by atoms with Gasteiger partial charge in [0.25, 0.3) is 0 Å². The summed E-state index contributed by atoms with van der Waals surface area (Å²) in [5.41, 5.74) is 2.28. The van der Waals surface area contributed by atoms with E-state index in [1.807, 2.05) is 37.1 Å². The minimum absolute atomic E-state index is 0.0657. The number of aromatic carboxylic acids is 1. The van der Waals surface area contributed by atoms with E-state index in [1.54, 1.807) is 24.3 Å². The topological polar surface area (TPSA) is 53.4 Å². The lowest BCUT2D eigenvalue weighted by molar-refractivity contribution is 0.0692. The van der Waals surface area contributed by atoms with Crippen LogP contribution in [0.1, 0.15) is 17.4 Å². The molecule has 0 saturated carbocycles. The fraction of sp³-hybridized carbons (Fsp3) is 0.158. The highest BCUT2D eigenvalue weighted by atomic mass is 35.5. The standard InChI is InChI=1S/C19H16Cl2N2O2/c1-3-23(2)18-12-8-6-10-14(21)16(12)22-17(19(24)25)15(18)11-7-4-5-9-13(11)20/h4-10H,3H2,1-2H3,(H,24,25). The zero-order valence-electron chi connectivity index (χ0n) is 13.8. The first-order chi connectivity index (χ1) is 12.0. The highest BCUT2D eigenvalue weighted by Crippen LogP contribution is 2.42. The van der Waals surface area contributed by atoms with Gasteiger partial charge in [0.15, 0.2) is 5.69 Å². The van der Waals surface area contributed by atoms with E-state index in [1.165, 1.54) is 0 Å². The van der Waals surface area contributed by atoms with Crippen molar-refractivity contribution in [2.75, 3.05) is 18.5 Å². The highest BCUT2D eigenvalue weighted by molar-refractivity contribution is 6.36. The van der Waals surface area contributed by atoms with Crippen molar-refractivity contribution in [3.63, 3.8) is 0 Å². The Kier molecular flexibility index (Phi) is 4.84. The van der Waals surface area contributed by atoms with Crippen LogP contribution in [0, 0.1) is 0 Å². The van der Waals surface area contributed by atoms with E-state index in [0.29, 0.717) is 33.2 Å². The number of fused-ring (bicyclic) bond motifs is 1. The number of carboxylic acids is 1. The van der Waals surface area contributed by atoms with E-state index in [2.05, 4.69) is 4.98 Å². The van der Waals surface area contributed by atoms with Crippen molar-refractivity contribution >= 4 is 45.8 Å². The second-order valence-corrected chi connectivity index (χ2v) is 6.43. The minimum Gasteiger partial charge on any atom is -0.476 e. The number of aromatic nitrogens is 1. The molecule has 3 aromatic rings. The van der Waals surface area contributed by atoms with Gasteiger partial charge in [0, 0.05) is 35.1 Å². The van der Waals surface area contributed by atoms with Gasteiger partial charge >= 0.3 is 5.97 Å². The number of hydrogen-bond donors (Lipinski definition) is 1. The summed E-state index contributed by atoms with van der Waals surface area (Å²) in [6, 6.07) is 12.6. The molecule has 0 amide bonds. The van der Waals surface area contributed by atoms with Gasteiger partial charge < -0.3 is 10.0 Å². The van der Waals surface area contributed by atoms with Gasteiger partial charge in [-0.2, -0.15) is 0 Å². The van der Waals surface area contributed by atoms with Crippen molar-refractivity contribution in [2.45, 2.75) is 6.92 Å². The van der Waals surface area contributed by atoms with Gasteiger partial charge in [-0.25, -0.2) is 9.78 Å². The number of halogens is 2. The van der Waals surface area contributed by atoms with Crippen molar-refractivity contribution < 1.29 is 9.90 Å². The summed E-state index contributed by atoms with van der Waals surface area (Å²) in [5, 5.41) is 11.5. The quantitative estimate of drug-likeness (QED) is 0.667. The zero-order valence-corrected chi connectivity index (χ0v) is 15.3. The number of carbonyl (C=O) groups is 1. The average molecular weight is 375 g/mol. The van der Waals surface area contributed by atoms with Crippen LogP contribution >= 0.6 is 23.2 Å². The number of pyridine rings is 1. The predicted octanol–water partition coefficient (Wildman–Crippen LogP) is 5.36. The Balaban J connectivity index is 2.55. The van der Waals surface area contributed by atoms with Crippen LogP contribution in [0.15, 0.2) is 42.5 Å². The maximum Gasteiger partial charge on any atom is 0.355 e. The molecule has 1 aromatic heterocycles. The van der Waals surface area contributed by atoms with Crippen molar-refractivity contribution in [3.8, 4) is 11.1 Å². The monoisotopic (exact) mass is 374 g/mol. The summed E-state index contributed by atoms with van der Waals surface area (Å²) in [4.78, 5) is 18.3. The molecule has 0 bridgehead atoms. The molecule has 1 heterocycles. The summed E-state index contributed by atoms with van der Waals surface area (Å²) >= 11 is 12.7. The molecule has 0 radical (unpaired) electrons. The van der Waals surface area contributed by atoms with Crippen LogP contribution in [-0.2, 0) is 0 Å². The maximum atomic E-state index is 12.0. The maximum absolute atomic E-state index is 12.0. The lowest BCUT2D eigenvalue weighted by atomic mass is 9.97. The molecule has 0 spiro atoms. The Morgan fingerprint density at radius 3 is 2.44 bits per heavy atom. The zero-order chi connectivity index (χ0) is 18.1. The third-order valence-corrected chi connectivity index (χ3v) is 4.78. The van der Waals surface area contributed by atoms with Gasteiger partial charge in [-0.05, 0) is 19.1 Å². The number of benzene rings is 2. The van der Waals surface area contributed by atoms with Crippen LogP contribution in [-0.4, -0.2) is 29.7 Å². The second-order valence-electron chi connectivity index (χ2n) is 5.62. The highest BCUT2D eigenvalue weighted by Gasteiger charge is 2.25. The minimum atomic E-state index is -1.12. The number of hydrogen-bond acceptors (Lipinski definition) is 3. The molecule has 0 atom stereocenters. The largest absolute Gasteiger partial charge is 0.476 e. The molecule has 1 N–H and O–H groups in total. The Labute approximate surface area is 155 Å².